The molecule has 0 unspecified atom stereocenters. The van der Waals surface area contributed by atoms with Gasteiger partial charge in [0.1, 0.15) is 5.82 Å². The number of imidazole rings is 1. The third-order valence-electron chi connectivity index (χ3n) is 2.96. The molecule has 0 aliphatic rings. The molecule has 0 fully saturated rings. The van der Waals surface area contributed by atoms with Crippen LogP contribution in [0.25, 0.3) is 11.4 Å². The van der Waals surface area contributed by atoms with Crippen molar-refractivity contribution in [2.24, 2.45) is 0 Å². The molecule has 6 heteroatoms. The Bertz CT molecular complexity index is 605. The molecular formula is C15H17Cl2N3O. The van der Waals surface area contributed by atoms with Crippen LogP contribution < -0.4 is 5.32 Å². The first-order valence-electron chi connectivity index (χ1n) is 6.85. The highest BCUT2D eigenvalue weighted by atomic mass is 35.5. The number of carbonyl (C=O) groups excluding carboxylic acids is 1. The zero-order valence-electron chi connectivity index (χ0n) is 11.7. The van der Waals surface area contributed by atoms with Crippen LogP contribution >= 0.6 is 23.2 Å². The van der Waals surface area contributed by atoms with Gasteiger partial charge in [0.15, 0.2) is 0 Å². The van der Waals surface area contributed by atoms with Crippen LogP contribution in [0.1, 0.15) is 25.5 Å². The average Bonchev–Trinajstić information content (AvgIpc) is 2.87. The van der Waals surface area contributed by atoms with Gasteiger partial charge >= 0.3 is 0 Å². The van der Waals surface area contributed by atoms with Gasteiger partial charge < -0.3 is 10.3 Å². The minimum atomic E-state index is 0.0823. The lowest BCUT2D eigenvalue weighted by molar-refractivity contribution is -0.121. The van der Waals surface area contributed by atoms with Gasteiger partial charge in [0.25, 0.3) is 0 Å². The first-order chi connectivity index (χ1) is 10.1. The molecular weight excluding hydrogens is 309 g/mol. The van der Waals surface area contributed by atoms with E-state index in [1.54, 1.807) is 24.4 Å². The number of rotatable bonds is 6. The molecule has 0 bridgehead atoms. The Balaban J connectivity index is 1.96. The van der Waals surface area contributed by atoms with Crippen molar-refractivity contribution in [3.63, 3.8) is 0 Å². The molecule has 112 valence electrons. The summed E-state index contributed by atoms with van der Waals surface area (Å²) in [6.45, 7) is 2.58. The maximum Gasteiger partial charge on any atom is 0.219 e. The Morgan fingerprint density at radius 2 is 2.00 bits per heavy atom. The molecule has 21 heavy (non-hydrogen) atoms. The average molecular weight is 326 g/mol. The quantitative estimate of drug-likeness (QED) is 0.847. The molecule has 1 aromatic heterocycles. The van der Waals surface area contributed by atoms with Gasteiger partial charge in [-0.1, -0.05) is 30.1 Å². The lowest BCUT2D eigenvalue weighted by Gasteiger charge is -2.02. The van der Waals surface area contributed by atoms with Gasteiger partial charge in [0, 0.05) is 46.9 Å². The van der Waals surface area contributed by atoms with Crippen molar-refractivity contribution in [3.05, 3.63) is 40.1 Å². The van der Waals surface area contributed by atoms with Crippen LogP contribution in [0.4, 0.5) is 0 Å². The Morgan fingerprint density at radius 3 is 2.67 bits per heavy atom. The minimum absolute atomic E-state index is 0.0823. The van der Waals surface area contributed by atoms with E-state index in [1.165, 1.54) is 0 Å². The summed E-state index contributed by atoms with van der Waals surface area (Å²) in [6.07, 6.45) is 3.89. The van der Waals surface area contributed by atoms with Crippen molar-refractivity contribution in [2.75, 3.05) is 6.54 Å². The van der Waals surface area contributed by atoms with Crippen LogP contribution in [-0.2, 0) is 11.2 Å². The number of carbonyl (C=O) groups is 1. The number of nitrogens with one attached hydrogen (secondary N) is 2. The van der Waals surface area contributed by atoms with E-state index in [9.17, 15) is 4.79 Å². The van der Waals surface area contributed by atoms with Crippen molar-refractivity contribution in [1.29, 1.82) is 0 Å². The topological polar surface area (TPSA) is 57.8 Å². The number of H-pyrrole nitrogens is 1. The van der Waals surface area contributed by atoms with Gasteiger partial charge in [-0.15, -0.1) is 0 Å². The molecule has 0 aliphatic carbocycles. The van der Waals surface area contributed by atoms with Crippen LogP contribution in [0, 0.1) is 0 Å². The summed E-state index contributed by atoms with van der Waals surface area (Å²) in [5, 5.41) is 4.01. The molecule has 2 N–H and O–H groups in total. The first-order valence-corrected chi connectivity index (χ1v) is 7.61. The second kappa shape index (κ2) is 7.48. The molecule has 0 radical (unpaired) electrons. The summed E-state index contributed by atoms with van der Waals surface area (Å²) in [6, 6.07) is 5.29. The zero-order chi connectivity index (χ0) is 15.2. The zero-order valence-corrected chi connectivity index (χ0v) is 13.3. The van der Waals surface area contributed by atoms with Gasteiger partial charge in [-0.25, -0.2) is 4.98 Å². The number of hydrogen-bond acceptors (Lipinski definition) is 2. The highest BCUT2D eigenvalue weighted by molar-refractivity contribution is 6.35. The van der Waals surface area contributed by atoms with E-state index in [0.29, 0.717) is 35.3 Å². The molecule has 0 saturated carbocycles. The second-order valence-electron chi connectivity index (χ2n) is 4.77. The number of nitrogens with zero attached hydrogens (tertiary/aromatic N) is 1. The van der Waals surface area contributed by atoms with Crippen molar-refractivity contribution in [2.45, 2.75) is 26.2 Å². The summed E-state index contributed by atoms with van der Waals surface area (Å²) in [5.41, 5.74) is 1.80. The van der Waals surface area contributed by atoms with E-state index in [4.69, 9.17) is 23.2 Å². The SMILES string of the molecule is CCCC(=O)NCCc1cnc(-c2cc(Cl)cc(Cl)c2)[nH]1. The van der Waals surface area contributed by atoms with Gasteiger partial charge in [-0.3, -0.25) is 4.79 Å². The Kier molecular flexibility index (Phi) is 5.65. The van der Waals surface area contributed by atoms with Gasteiger partial charge in [-0.2, -0.15) is 0 Å². The van der Waals surface area contributed by atoms with Crippen molar-refractivity contribution < 1.29 is 4.79 Å². The normalized spacial score (nSPS) is 10.6. The van der Waals surface area contributed by atoms with Crippen LogP contribution in [0.15, 0.2) is 24.4 Å². The van der Waals surface area contributed by atoms with E-state index in [2.05, 4.69) is 15.3 Å². The molecule has 2 rings (SSSR count). The molecule has 0 saturated heterocycles. The number of aromatic nitrogens is 2. The fourth-order valence-electron chi connectivity index (χ4n) is 1.98. The van der Waals surface area contributed by atoms with E-state index in [-0.39, 0.29) is 5.91 Å². The summed E-state index contributed by atoms with van der Waals surface area (Å²) >= 11 is 12.0. The molecule has 1 aromatic carbocycles. The number of hydrogen-bond donors (Lipinski definition) is 2. The summed E-state index contributed by atoms with van der Waals surface area (Å²) in [5.74, 6) is 0.799. The van der Waals surface area contributed by atoms with Crippen LogP contribution in [0.3, 0.4) is 0 Å². The molecule has 2 aromatic rings. The van der Waals surface area contributed by atoms with E-state index in [1.807, 2.05) is 6.92 Å². The van der Waals surface area contributed by atoms with Crippen molar-refractivity contribution in [1.82, 2.24) is 15.3 Å². The number of benzene rings is 1. The van der Waals surface area contributed by atoms with Crippen LogP contribution in [0.5, 0.6) is 0 Å². The number of aromatic amines is 1. The fraction of sp³-hybridized carbons (Fsp3) is 0.333. The summed E-state index contributed by atoms with van der Waals surface area (Å²) < 4.78 is 0. The Labute approximate surface area is 133 Å². The fourth-order valence-corrected chi connectivity index (χ4v) is 2.50. The smallest absolute Gasteiger partial charge is 0.219 e. The summed E-state index contributed by atoms with van der Waals surface area (Å²) in [7, 11) is 0. The van der Waals surface area contributed by atoms with Gasteiger partial charge in [-0.05, 0) is 24.6 Å². The molecule has 0 spiro atoms. The number of amides is 1. The van der Waals surface area contributed by atoms with Crippen LogP contribution in [-0.4, -0.2) is 22.4 Å². The molecule has 0 aliphatic heterocycles. The van der Waals surface area contributed by atoms with E-state index in [0.717, 1.165) is 17.7 Å². The maximum absolute atomic E-state index is 11.4. The van der Waals surface area contributed by atoms with Gasteiger partial charge in [0.05, 0.1) is 0 Å². The molecule has 1 heterocycles. The molecule has 4 nitrogen and oxygen atoms in total. The predicted molar refractivity (Wildman–Crippen MR) is 85.7 cm³/mol. The third kappa shape index (κ3) is 4.76. The maximum atomic E-state index is 11.4. The lowest BCUT2D eigenvalue weighted by Crippen LogP contribution is -2.25. The van der Waals surface area contributed by atoms with E-state index >= 15 is 0 Å². The standard InChI is InChI=1S/C15H17Cl2N3O/c1-2-3-14(21)18-5-4-13-9-19-15(20-13)10-6-11(16)8-12(17)7-10/h6-9H,2-5H2,1H3,(H,18,21)(H,19,20). The van der Waals surface area contributed by atoms with E-state index < -0.39 is 0 Å². The predicted octanol–water partition coefficient (Wildman–Crippen LogP) is 3.84. The van der Waals surface area contributed by atoms with Gasteiger partial charge in [0.2, 0.25) is 5.91 Å². The monoisotopic (exact) mass is 325 g/mol. The highest BCUT2D eigenvalue weighted by Gasteiger charge is 2.06. The molecule has 1 amide bonds. The lowest BCUT2D eigenvalue weighted by atomic mass is 10.2. The van der Waals surface area contributed by atoms with Crippen molar-refractivity contribution >= 4 is 29.1 Å². The summed E-state index contributed by atoms with van der Waals surface area (Å²) in [4.78, 5) is 18.9. The minimum Gasteiger partial charge on any atom is -0.356 e. The highest BCUT2D eigenvalue weighted by Crippen LogP contribution is 2.25. The molecule has 0 atom stereocenters. The number of halogens is 2. The van der Waals surface area contributed by atoms with Crippen LogP contribution in [0.2, 0.25) is 10.0 Å². The Hall–Kier alpha value is -1.52. The van der Waals surface area contributed by atoms with Crippen molar-refractivity contribution in [3.8, 4) is 11.4 Å². The largest absolute Gasteiger partial charge is 0.356 e. The first kappa shape index (κ1) is 15.9. The third-order valence-corrected chi connectivity index (χ3v) is 3.39. The Morgan fingerprint density at radius 1 is 1.29 bits per heavy atom. The second-order valence-corrected chi connectivity index (χ2v) is 5.64.